The molecule has 0 bridgehead atoms. The van der Waals surface area contributed by atoms with Gasteiger partial charge in [0.1, 0.15) is 6.10 Å². The number of halogens is 2. The molecule has 0 spiro atoms. The second kappa shape index (κ2) is 12.9. The molecule has 0 aromatic carbocycles. The van der Waals surface area contributed by atoms with E-state index in [4.69, 9.17) is 14.2 Å². The number of alkyl halides is 1. The van der Waals surface area contributed by atoms with Gasteiger partial charge in [-0.1, -0.05) is 65.1 Å². The molecule has 4 aliphatic carbocycles. The summed E-state index contributed by atoms with van der Waals surface area (Å²) in [6.07, 6.45) is 5.09. The molecule has 0 saturated heterocycles. The molecule has 9 heteroatoms. The Morgan fingerprint density at radius 1 is 0.953 bits per heavy atom. The molecule has 4 unspecified atom stereocenters. The van der Waals surface area contributed by atoms with Gasteiger partial charge in [-0.25, -0.2) is 4.79 Å². The van der Waals surface area contributed by atoms with Gasteiger partial charge >= 0.3 is 17.9 Å². The Kier molecular flexibility index (Phi) is 10.4. The first-order chi connectivity index (χ1) is 20.0. The van der Waals surface area contributed by atoms with Crippen LogP contribution in [0.4, 0.5) is 0 Å². The minimum Gasteiger partial charge on any atom is -0.458 e. The molecular weight excluding hydrogens is 680 g/mol. The highest BCUT2D eigenvalue weighted by molar-refractivity contribution is 9.11. The van der Waals surface area contributed by atoms with Gasteiger partial charge in [-0.3, -0.25) is 9.59 Å². The van der Waals surface area contributed by atoms with Crippen molar-refractivity contribution in [3.05, 3.63) is 21.2 Å². The fraction of sp³-hybridized carbons (Fsp3) is 0.794. The Hall–Kier alpha value is -1.19. The van der Waals surface area contributed by atoms with Crippen LogP contribution in [-0.4, -0.2) is 46.8 Å². The van der Waals surface area contributed by atoms with Crippen LogP contribution in [0.5, 0.6) is 0 Å². The first-order valence-corrected chi connectivity index (χ1v) is 17.5. The van der Waals surface area contributed by atoms with Crippen LogP contribution in [0.2, 0.25) is 0 Å². The molecule has 7 nitrogen and oxygen atoms in total. The molecule has 0 aromatic rings. The molecule has 4 rings (SSSR count). The summed E-state index contributed by atoms with van der Waals surface area (Å²) in [5, 5.41) is 12.2. The summed E-state index contributed by atoms with van der Waals surface area (Å²) < 4.78 is 17.4. The van der Waals surface area contributed by atoms with E-state index in [9.17, 15) is 19.5 Å². The smallest absolute Gasteiger partial charge is 0.336 e. The van der Waals surface area contributed by atoms with Gasteiger partial charge in [0.25, 0.3) is 0 Å². The third-order valence-corrected chi connectivity index (χ3v) is 14.6. The van der Waals surface area contributed by atoms with E-state index in [1.54, 1.807) is 0 Å². The van der Waals surface area contributed by atoms with Crippen LogP contribution in [0.1, 0.15) is 107 Å². The zero-order valence-corrected chi connectivity index (χ0v) is 30.2. The lowest BCUT2D eigenvalue weighted by Crippen LogP contribution is -2.65. The van der Waals surface area contributed by atoms with E-state index in [1.165, 1.54) is 13.8 Å². The van der Waals surface area contributed by atoms with E-state index in [1.807, 2.05) is 13.8 Å². The van der Waals surface area contributed by atoms with E-state index in [0.717, 1.165) is 41.3 Å². The molecule has 43 heavy (non-hydrogen) atoms. The van der Waals surface area contributed by atoms with E-state index in [2.05, 4.69) is 59.6 Å². The second-order valence-corrected chi connectivity index (χ2v) is 16.7. The fourth-order valence-electron chi connectivity index (χ4n) is 9.99. The van der Waals surface area contributed by atoms with Crippen LogP contribution < -0.4 is 0 Å². The number of aliphatic hydroxyl groups is 1. The van der Waals surface area contributed by atoms with Crippen LogP contribution in [0.3, 0.4) is 0 Å². The highest BCUT2D eigenvalue weighted by Crippen LogP contribution is 2.74. The van der Waals surface area contributed by atoms with Crippen LogP contribution in [0.25, 0.3) is 0 Å². The number of fused-ring (bicyclic) bond motifs is 5. The molecule has 242 valence electrons. The molecule has 1 N–H and O–H groups in total. The maximum atomic E-state index is 13.7. The highest BCUT2D eigenvalue weighted by atomic mass is 79.9. The average molecular weight is 731 g/mol. The molecule has 4 fully saturated rings. The van der Waals surface area contributed by atoms with Gasteiger partial charge in [-0.05, 0) is 115 Å². The first kappa shape index (κ1) is 34.7. The van der Waals surface area contributed by atoms with Crippen molar-refractivity contribution >= 4 is 49.8 Å². The summed E-state index contributed by atoms with van der Waals surface area (Å²) in [6, 6.07) is 0. The Morgan fingerprint density at radius 3 is 2.23 bits per heavy atom. The molecule has 4 saturated carbocycles. The van der Waals surface area contributed by atoms with Crippen LogP contribution in [0, 0.1) is 39.9 Å². The predicted octanol–water partition coefficient (Wildman–Crippen LogP) is 7.77. The van der Waals surface area contributed by atoms with Crippen molar-refractivity contribution in [1.82, 2.24) is 0 Å². The minimum atomic E-state index is -0.597. The Labute approximate surface area is 274 Å². The first-order valence-electron chi connectivity index (χ1n) is 15.8. The molecule has 4 aliphatic rings. The lowest BCUT2D eigenvalue weighted by molar-refractivity contribution is -0.224. The van der Waals surface area contributed by atoms with E-state index in [0.29, 0.717) is 47.9 Å². The SMILES string of the molecule is CC(=O)OCOC(=O)/C(CCC(Br)=C(C)C)=C1/C2CC(O)C3[C@@]4(C)CC[C@H](Br)[C@@H](C)C4CC[C@]3(C)[C@@]2(C)C[C@@H]1OC(C)=O. The lowest BCUT2D eigenvalue weighted by atomic mass is 9.36. The number of carbonyl (C=O) groups is 3. The van der Waals surface area contributed by atoms with Crippen molar-refractivity contribution in [2.75, 3.05) is 6.79 Å². The molecule has 10 atom stereocenters. The van der Waals surface area contributed by atoms with Gasteiger partial charge in [0.2, 0.25) is 6.79 Å². The van der Waals surface area contributed by atoms with Gasteiger partial charge in [-0.15, -0.1) is 0 Å². The number of hydrogen-bond acceptors (Lipinski definition) is 7. The normalized spacial score (nSPS) is 41.2. The molecular formula is C34H50Br2O7. The van der Waals surface area contributed by atoms with E-state index < -0.39 is 36.9 Å². The zero-order chi connectivity index (χ0) is 32.1. The fourth-order valence-corrected chi connectivity index (χ4v) is 10.8. The van der Waals surface area contributed by atoms with Gasteiger partial charge in [-0.2, -0.15) is 0 Å². The topological polar surface area (TPSA) is 99.1 Å². The van der Waals surface area contributed by atoms with Crippen LogP contribution >= 0.6 is 31.9 Å². The monoisotopic (exact) mass is 728 g/mol. The van der Waals surface area contributed by atoms with Crippen LogP contribution in [0.15, 0.2) is 21.2 Å². The van der Waals surface area contributed by atoms with Crippen molar-refractivity contribution in [3.63, 3.8) is 0 Å². The summed E-state index contributed by atoms with van der Waals surface area (Å²) in [5.41, 5.74) is 1.77. The predicted molar refractivity (Wildman–Crippen MR) is 172 cm³/mol. The summed E-state index contributed by atoms with van der Waals surface area (Å²) >= 11 is 7.60. The van der Waals surface area contributed by atoms with Gasteiger partial charge in [0.15, 0.2) is 0 Å². The molecule has 0 aliphatic heterocycles. The number of aliphatic hydroxyl groups excluding tert-OH is 1. The highest BCUT2D eigenvalue weighted by Gasteiger charge is 2.70. The molecule has 0 radical (unpaired) electrons. The van der Waals surface area contributed by atoms with Gasteiger partial charge in [0.05, 0.1) is 6.10 Å². The number of allylic oxidation sites excluding steroid dienone is 2. The Bertz CT molecular complexity index is 1190. The molecule has 0 aromatic heterocycles. The Balaban J connectivity index is 1.83. The quantitative estimate of drug-likeness (QED) is 0.124. The summed E-state index contributed by atoms with van der Waals surface area (Å²) in [6.45, 7) is 15.6. The summed E-state index contributed by atoms with van der Waals surface area (Å²) in [4.78, 5) is 38.1. The van der Waals surface area contributed by atoms with Crippen molar-refractivity contribution in [3.8, 4) is 0 Å². The van der Waals surface area contributed by atoms with Crippen molar-refractivity contribution < 1.29 is 33.7 Å². The average Bonchev–Trinajstić information content (AvgIpc) is 3.17. The summed E-state index contributed by atoms with van der Waals surface area (Å²) in [5.74, 6) is -0.534. The maximum Gasteiger partial charge on any atom is 0.336 e. The molecule has 0 amide bonds. The number of esters is 3. The number of rotatable bonds is 7. The standard InChI is InChI=1S/C34H50Br2O7/c1-18(2)25(35)10-9-22(31(40)42-17-41-20(4)37)29-24-15-27(39)30-32(6)13-12-26(36)19(3)23(32)11-14-33(30,7)34(24,8)16-28(29)43-21(5)38/h19,23-24,26-28,30,39H,9-17H2,1-8H3/b29-22-/t19-,23?,24?,26-,27?,28-,30?,32-,33-,34-/m0/s1. The van der Waals surface area contributed by atoms with Gasteiger partial charge in [0, 0.05) is 24.2 Å². The lowest BCUT2D eigenvalue weighted by Gasteiger charge is -2.69. The van der Waals surface area contributed by atoms with Gasteiger partial charge < -0.3 is 19.3 Å². The van der Waals surface area contributed by atoms with E-state index in [-0.39, 0.29) is 28.1 Å². The third-order valence-electron chi connectivity index (χ3n) is 12.1. The largest absolute Gasteiger partial charge is 0.458 e. The van der Waals surface area contributed by atoms with Crippen LogP contribution in [-0.2, 0) is 28.6 Å². The van der Waals surface area contributed by atoms with Crippen molar-refractivity contribution in [2.24, 2.45) is 39.9 Å². The van der Waals surface area contributed by atoms with E-state index >= 15 is 0 Å². The third kappa shape index (κ3) is 6.17. The number of hydrogen-bond donors (Lipinski definition) is 1. The zero-order valence-electron chi connectivity index (χ0n) is 27.1. The van der Waals surface area contributed by atoms with Crippen molar-refractivity contribution in [1.29, 1.82) is 0 Å². The molecule has 0 heterocycles. The number of carbonyl (C=O) groups excluding carboxylic acids is 3. The minimum absolute atomic E-state index is 0.00637. The maximum absolute atomic E-state index is 13.7. The summed E-state index contributed by atoms with van der Waals surface area (Å²) in [7, 11) is 0. The number of ether oxygens (including phenoxy) is 3. The Morgan fingerprint density at radius 2 is 1.63 bits per heavy atom. The van der Waals surface area contributed by atoms with Crippen molar-refractivity contribution in [2.45, 2.75) is 124 Å². The second-order valence-electron chi connectivity index (χ2n) is 14.6.